The van der Waals surface area contributed by atoms with Crippen molar-refractivity contribution in [2.75, 3.05) is 46.5 Å². The third kappa shape index (κ3) is 6.07. The predicted molar refractivity (Wildman–Crippen MR) is 123 cm³/mol. The maximum Gasteiger partial charge on any atom is 0.243 e. The van der Waals surface area contributed by atoms with Crippen LogP contribution in [0.3, 0.4) is 0 Å². The fraction of sp³-hybridized carbons (Fsp3) is 0.500. The van der Waals surface area contributed by atoms with E-state index in [9.17, 15) is 8.42 Å². The number of para-hydroxylation sites is 1. The Morgan fingerprint density at radius 3 is 2.29 bits per heavy atom. The van der Waals surface area contributed by atoms with E-state index in [1.165, 1.54) is 0 Å². The summed E-state index contributed by atoms with van der Waals surface area (Å²) >= 11 is 0. The van der Waals surface area contributed by atoms with Gasteiger partial charge in [0, 0.05) is 38.3 Å². The molecule has 31 heavy (non-hydrogen) atoms. The molecule has 0 N–H and O–H groups in total. The van der Waals surface area contributed by atoms with Gasteiger partial charge in [-0.25, -0.2) is 8.42 Å². The van der Waals surface area contributed by atoms with Gasteiger partial charge in [-0.05, 0) is 29.2 Å². The Morgan fingerprint density at radius 1 is 1.03 bits per heavy atom. The lowest BCUT2D eigenvalue weighted by molar-refractivity contribution is 0.0361. The lowest BCUT2D eigenvalue weighted by atomic mass is 9.87. The summed E-state index contributed by atoms with van der Waals surface area (Å²) in [5.41, 5.74) is 1.92. The molecule has 0 aliphatic carbocycles. The highest BCUT2D eigenvalue weighted by Crippen LogP contribution is 2.27. The van der Waals surface area contributed by atoms with E-state index in [0.29, 0.717) is 36.9 Å². The quantitative estimate of drug-likeness (QED) is 0.621. The van der Waals surface area contributed by atoms with Crippen LogP contribution >= 0.6 is 0 Å². The average molecular weight is 447 g/mol. The lowest BCUT2D eigenvalue weighted by Crippen LogP contribution is -2.42. The number of sulfonamides is 1. The second-order valence-electron chi connectivity index (χ2n) is 8.88. The molecule has 0 spiro atoms. The molecule has 0 bridgehead atoms. The van der Waals surface area contributed by atoms with Crippen molar-refractivity contribution in [3.8, 4) is 5.75 Å². The molecule has 170 valence electrons. The molecule has 0 amide bonds. The number of ether oxygens (including phenoxy) is 2. The number of benzene rings is 2. The second-order valence-corrected chi connectivity index (χ2v) is 10.8. The molecule has 1 saturated heterocycles. The van der Waals surface area contributed by atoms with Crippen LogP contribution in [0.5, 0.6) is 5.75 Å². The molecule has 2 aromatic rings. The van der Waals surface area contributed by atoms with Crippen LogP contribution in [0, 0.1) is 0 Å². The van der Waals surface area contributed by atoms with E-state index >= 15 is 0 Å². The monoisotopic (exact) mass is 446 g/mol. The molecular formula is C24H34N2O4S. The highest BCUT2D eigenvalue weighted by Gasteiger charge is 2.27. The average Bonchev–Trinajstić information content (AvgIpc) is 2.77. The van der Waals surface area contributed by atoms with Crippen LogP contribution in [0.15, 0.2) is 53.4 Å². The van der Waals surface area contributed by atoms with Gasteiger partial charge in [0.15, 0.2) is 0 Å². The highest BCUT2D eigenvalue weighted by atomic mass is 32.2. The molecule has 0 unspecified atom stereocenters. The van der Waals surface area contributed by atoms with Crippen LogP contribution in [0.25, 0.3) is 0 Å². The van der Waals surface area contributed by atoms with E-state index in [1.807, 2.05) is 36.4 Å². The number of morpholine rings is 1. The summed E-state index contributed by atoms with van der Waals surface area (Å²) in [5.74, 6) is 0.692. The standard InChI is InChI=1S/C24H34N2O4S/c1-24(2,3)21-9-11-22(12-10-21)31(27,28)26(14-13-25-15-17-30-18-16-25)19-20-7-5-6-8-23(20)29-4/h5-12H,13-19H2,1-4H3. The van der Waals surface area contributed by atoms with Crippen molar-refractivity contribution in [3.05, 3.63) is 59.7 Å². The summed E-state index contributed by atoms with van der Waals surface area (Å²) in [5, 5.41) is 0. The zero-order valence-electron chi connectivity index (χ0n) is 19.0. The van der Waals surface area contributed by atoms with Gasteiger partial charge in [0.2, 0.25) is 10.0 Å². The number of methoxy groups -OCH3 is 1. The predicted octanol–water partition coefficient (Wildman–Crippen LogP) is 3.52. The van der Waals surface area contributed by atoms with E-state index in [2.05, 4.69) is 25.7 Å². The molecule has 1 aliphatic heterocycles. The van der Waals surface area contributed by atoms with Crippen molar-refractivity contribution in [2.45, 2.75) is 37.6 Å². The van der Waals surface area contributed by atoms with Crippen LogP contribution < -0.4 is 4.74 Å². The fourth-order valence-corrected chi connectivity index (χ4v) is 5.07. The zero-order valence-corrected chi connectivity index (χ0v) is 19.8. The maximum absolute atomic E-state index is 13.6. The fourth-order valence-electron chi connectivity index (χ4n) is 3.66. The third-order valence-corrected chi connectivity index (χ3v) is 7.53. The molecule has 0 aromatic heterocycles. The molecule has 0 saturated carbocycles. The summed E-state index contributed by atoms with van der Waals surface area (Å²) < 4.78 is 39.7. The summed E-state index contributed by atoms with van der Waals surface area (Å²) in [6.45, 7) is 10.7. The Kier molecular flexibility index (Phi) is 7.75. The largest absolute Gasteiger partial charge is 0.496 e. The van der Waals surface area contributed by atoms with Gasteiger partial charge in [0.1, 0.15) is 5.75 Å². The van der Waals surface area contributed by atoms with Crippen molar-refractivity contribution in [3.63, 3.8) is 0 Å². The molecule has 0 atom stereocenters. The number of hydrogen-bond donors (Lipinski definition) is 0. The normalized spacial score (nSPS) is 15.9. The highest BCUT2D eigenvalue weighted by molar-refractivity contribution is 7.89. The molecular weight excluding hydrogens is 412 g/mol. The first-order valence-corrected chi connectivity index (χ1v) is 12.2. The molecule has 2 aromatic carbocycles. The summed E-state index contributed by atoms with van der Waals surface area (Å²) in [6.07, 6.45) is 0. The minimum Gasteiger partial charge on any atom is -0.496 e. The minimum absolute atomic E-state index is 0.0320. The lowest BCUT2D eigenvalue weighted by Gasteiger charge is -2.30. The van der Waals surface area contributed by atoms with Gasteiger partial charge >= 0.3 is 0 Å². The number of nitrogens with zero attached hydrogens (tertiary/aromatic N) is 2. The van der Waals surface area contributed by atoms with Crippen LogP contribution in [0.2, 0.25) is 0 Å². The van der Waals surface area contributed by atoms with Crippen LogP contribution in [0.4, 0.5) is 0 Å². The third-order valence-electron chi connectivity index (χ3n) is 5.67. The van der Waals surface area contributed by atoms with E-state index in [1.54, 1.807) is 23.5 Å². The molecule has 0 radical (unpaired) electrons. The van der Waals surface area contributed by atoms with Gasteiger partial charge in [-0.2, -0.15) is 4.31 Å². The van der Waals surface area contributed by atoms with Crippen molar-refractivity contribution in [1.82, 2.24) is 9.21 Å². The Morgan fingerprint density at radius 2 is 1.68 bits per heavy atom. The van der Waals surface area contributed by atoms with E-state index < -0.39 is 10.0 Å². The van der Waals surface area contributed by atoms with Crippen LogP contribution in [0.1, 0.15) is 31.9 Å². The van der Waals surface area contributed by atoms with Crippen molar-refractivity contribution < 1.29 is 17.9 Å². The van der Waals surface area contributed by atoms with Crippen molar-refractivity contribution in [2.24, 2.45) is 0 Å². The summed E-state index contributed by atoms with van der Waals surface area (Å²) in [6, 6.07) is 14.8. The SMILES string of the molecule is COc1ccccc1CN(CCN1CCOCC1)S(=O)(=O)c1ccc(C(C)(C)C)cc1. The van der Waals surface area contributed by atoms with Crippen LogP contribution in [-0.2, 0) is 26.7 Å². The van der Waals surface area contributed by atoms with Crippen molar-refractivity contribution >= 4 is 10.0 Å². The van der Waals surface area contributed by atoms with Gasteiger partial charge in [-0.15, -0.1) is 0 Å². The Balaban J connectivity index is 1.87. The van der Waals surface area contributed by atoms with Gasteiger partial charge in [0.05, 0.1) is 25.2 Å². The maximum atomic E-state index is 13.6. The van der Waals surface area contributed by atoms with Gasteiger partial charge < -0.3 is 9.47 Å². The molecule has 7 heteroatoms. The van der Waals surface area contributed by atoms with Gasteiger partial charge in [-0.3, -0.25) is 4.90 Å². The summed E-state index contributed by atoms with van der Waals surface area (Å²) in [7, 11) is -2.06. The smallest absolute Gasteiger partial charge is 0.243 e. The first kappa shape index (κ1) is 23.7. The molecule has 1 aliphatic rings. The van der Waals surface area contributed by atoms with E-state index in [4.69, 9.17) is 9.47 Å². The second kappa shape index (κ2) is 10.1. The first-order valence-electron chi connectivity index (χ1n) is 10.7. The zero-order chi connectivity index (χ0) is 22.5. The molecule has 6 nitrogen and oxygen atoms in total. The Bertz CT molecular complexity index is 946. The molecule has 1 fully saturated rings. The van der Waals surface area contributed by atoms with Gasteiger partial charge in [0.25, 0.3) is 0 Å². The van der Waals surface area contributed by atoms with E-state index in [-0.39, 0.29) is 12.0 Å². The van der Waals surface area contributed by atoms with Crippen molar-refractivity contribution in [1.29, 1.82) is 0 Å². The van der Waals surface area contributed by atoms with Crippen LogP contribution in [-0.4, -0.2) is 64.1 Å². The molecule has 3 rings (SSSR count). The minimum atomic E-state index is -3.67. The molecule has 1 heterocycles. The first-order chi connectivity index (χ1) is 14.7. The number of hydrogen-bond acceptors (Lipinski definition) is 5. The topological polar surface area (TPSA) is 59.1 Å². The van der Waals surface area contributed by atoms with Gasteiger partial charge in [-0.1, -0.05) is 51.1 Å². The Labute approximate surface area is 186 Å². The van der Waals surface area contributed by atoms with E-state index in [0.717, 1.165) is 24.2 Å². The summed E-state index contributed by atoms with van der Waals surface area (Å²) in [4.78, 5) is 2.56. The number of rotatable bonds is 8. The Hall–Kier alpha value is -1.93.